The Morgan fingerprint density at radius 2 is 2.36 bits per heavy atom. The summed E-state index contributed by atoms with van der Waals surface area (Å²) >= 11 is 0. The van der Waals surface area contributed by atoms with E-state index in [0.717, 1.165) is 6.42 Å². The van der Waals surface area contributed by atoms with Gasteiger partial charge in [0.15, 0.2) is 0 Å². The van der Waals surface area contributed by atoms with Crippen molar-refractivity contribution >= 4 is 0 Å². The van der Waals surface area contributed by atoms with Crippen LogP contribution in [0.15, 0.2) is 36.0 Å². The third-order valence-electron chi connectivity index (χ3n) is 3.22. The fourth-order valence-electron chi connectivity index (χ4n) is 2.41. The zero-order valence-electron chi connectivity index (χ0n) is 8.37. The Morgan fingerprint density at radius 3 is 2.93 bits per heavy atom. The maximum atomic E-state index is 8.91. The van der Waals surface area contributed by atoms with Crippen molar-refractivity contribution < 1.29 is 0 Å². The normalized spacial score (nSPS) is 30.1. The van der Waals surface area contributed by atoms with Crippen LogP contribution in [0, 0.1) is 16.7 Å². The molecule has 1 heteroatoms. The second-order valence-corrected chi connectivity index (χ2v) is 4.10. The summed E-state index contributed by atoms with van der Waals surface area (Å²) in [6, 6.07) is 2.33. The standard InChI is InChI=1S/C13H15N/c14-11-10-13(8-4-1-5-9-13)12-6-2-3-7-12/h1,4-6,8H,2-3,7,9-10H2. The van der Waals surface area contributed by atoms with Crippen molar-refractivity contribution in [3.63, 3.8) is 0 Å². The van der Waals surface area contributed by atoms with E-state index >= 15 is 0 Å². The van der Waals surface area contributed by atoms with Gasteiger partial charge in [0.1, 0.15) is 0 Å². The molecule has 1 unspecified atom stereocenters. The van der Waals surface area contributed by atoms with Crippen LogP contribution in [-0.4, -0.2) is 0 Å². The zero-order valence-corrected chi connectivity index (χ0v) is 8.37. The quantitative estimate of drug-likeness (QED) is 0.604. The van der Waals surface area contributed by atoms with Crippen molar-refractivity contribution in [2.24, 2.45) is 5.41 Å². The number of hydrogen-bond donors (Lipinski definition) is 0. The van der Waals surface area contributed by atoms with E-state index in [0.29, 0.717) is 6.42 Å². The maximum absolute atomic E-state index is 8.91. The molecule has 0 saturated carbocycles. The van der Waals surface area contributed by atoms with Gasteiger partial charge in [-0.05, 0) is 25.7 Å². The fraction of sp³-hybridized carbons (Fsp3) is 0.462. The minimum Gasteiger partial charge on any atom is -0.198 e. The van der Waals surface area contributed by atoms with E-state index in [9.17, 15) is 0 Å². The van der Waals surface area contributed by atoms with Crippen molar-refractivity contribution in [1.82, 2.24) is 0 Å². The van der Waals surface area contributed by atoms with Gasteiger partial charge in [-0.1, -0.05) is 36.0 Å². The summed E-state index contributed by atoms with van der Waals surface area (Å²) in [4.78, 5) is 0. The number of nitrogens with zero attached hydrogens (tertiary/aromatic N) is 1. The number of rotatable bonds is 2. The minimum absolute atomic E-state index is 0.0417. The molecule has 2 aliphatic rings. The molecule has 0 bridgehead atoms. The third-order valence-corrected chi connectivity index (χ3v) is 3.22. The SMILES string of the molecule is N#CCC1(C2=CCCC2)C=CC=CC1. The van der Waals surface area contributed by atoms with Gasteiger partial charge in [0.2, 0.25) is 0 Å². The molecule has 0 saturated heterocycles. The molecule has 2 aliphatic carbocycles. The third kappa shape index (κ3) is 1.53. The minimum atomic E-state index is 0.0417. The molecule has 0 aromatic heterocycles. The van der Waals surface area contributed by atoms with E-state index in [1.807, 2.05) is 0 Å². The first-order valence-electron chi connectivity index (χ1n) is 5.28. The van der Waals surface area contributed by atoms with Gasteiger partial charge >= 0.3 is 0 Å². The van der Waals surface area contributed by atoms with E-state index in [1.165, 1.54) is 24.8 Å². The lowest BCUT2D eigenvalue weighted by Crippen LogP contribution is -2.20. The smallest absolute Gasteiger partial charge is 0.0634 e. The van der Waals surface area contributed by atoms with Gasteiger partial charge in [-0.15, -0.1) is 0 Å². The monoisotopic (exact) mass is 185 g/mol. The lowest BCUT2D eigenvalue weighted by Gasteiger charge is -2.30. The fourth-order valence-corrected chi connectivity index (χ4v) is 2.41. The highest BCUT2D eigenvalue weighted by molar-refractivity contribution is 5.32. The lowest BCUT2D eigenvalue weighted by molar-refractivity contribution is 0.461. The van der Waals surface area contributed by atoms with Crippen molar-refractivity contribution in [1.29, 1.82) is 5.26 Å². The Hall–Kier alpha value is -1.29. The molecular formula is C13H15N. The van der Waals surface area contributed by atoms with Crippen molar-refractivity contribution in [3.8, 4) is 6.07 Å². The first-order chi connectivity index (χ1) is 6.87. The van der Waals surface area contributed by atoms with Crippen LogP contribution < -0.4 is 0 Å². The van der Waals surface area contributed by atoms with Crippen LogP contribution in [0.2, 0.25) is 0 Å². The molecule has 0 aromatic carbocycles. The van der Waals surface area contributed by atoms with Gasteiger partial charge < -0.3 is 0 Å². The zero-order chi connectivity index (χ0) is 9.86. The molecule has 1 nitrogen and oxygen atoms in total. The van der Waals surface area contributed by atoms with Gasteiger partial charge in [0.05, 0.1) is 6.07 Å². The molecule has 0 heterocycles. The summed E-state index contributed by atoms with van der Waals surface area (Å²) in [6.45, 7) is 0. The van der Waals surface area contributed by atoms with E-state index in [4.69, 9.17) is 5.26 Å². The first-order valence-corrected chi connectivity index (χ1v) is 5.28. The van der Waals surface area contributed by atoms with Gasteiger partial charge in [0, 0.05) is 11.8 Å². The Balaban J connectivity index is 2.26. The lowest BCUT2D eigenvalue weighted by atomic mass is 9.72. The molecule has 72 valence electrons. The molecule has 0 aliphatic heterocycles. The van der Waals surface area contributed by atoms with Crippen molar-refractivity contribution in [2.75, 3.05) is 0 Å². The van der Waals surface area contributed by atoms with Crippen LogP contribution in [0.25, 0.3) is 0 Å². The summed E-state index contributed by atoms with van der Waals surface area (Å²) in [5, 5.41) is 8.91. The first kappa shape index (κ1) is 9.27. The van der Waals surface area contributed by atoms with E-state index in [1.54, 1.807) is 0 Å². The Labute approximate surface area is 85.4 Å². The number of hydrogen-bond acceptors (Lipinski definition) is 1. The van der Waals surface area contributed by atoms with E-state index in [2.05, 4.69) is 36.4 Å². The molecule has 1 atom stereocenters. The maximum Gasteiger partial charge on any atom is 0.0634 e. The van der Waals surface area contributed by atoms with Gasteiger partial charge in [0.25, 0.3) is 0 Å². The average Bonchev–Trinajstić information content (AvgIpc) is 2.73. The molecule has 14 heavy (non-hydrogen) atoms. The number of nitriles is 1. The molecule has 0 radical (unpaired) electrons. The number of allylic oxidation sites excluding steroid dienone is 6. The predicted octanol–water partition coefficient (Wildman–Crippen LogP) is 3.51. The second kappa shape index (κ2) is 3.84. The van der Waals surface area contributed by atoms with Crippen LogP contribution >= 0.6 is 0 Å². The largest absolute Gasteiger partial charge is 0.198 e. The highest BCUT2D eigenvalue weighted by atomic mass is 14.4. The highest BCUT2D eigenvalue weighted by Gasteiger charge is 2.32. The van der Waals surface area contributed by atoms with Crippen LogP contribution in [-0.2, 0) is 0 Å². The highest BCUT2D eigenvalue weighted by Crippen LogP contribution is 2.43. The summed E-state index contributed by atoms with van der Waals surface area (Å²) in [5.74, 6) is 0. The molecular weight excluding hydrogens is 170 g/mol. The van der Waals surface area contributed by atoms with E-state index in [-0.39, 0.29) is 5.41 Å². The topological polar surface area (TPSA) is 23.8 Å². The molecule has 2 rings (SSSR count). The Kier molecular flexibility index (Phi) is 2.54. The van der Waals surface area contributed by atoms with Gasteiger partial charge in [-0.2, -0.15) is 5.26 Å². The summed E-state index contributed by atoms with van der Waals surface area (Å²) in [5.41, 5.74) is 1.53. The summed E-state index contributed by atoms with van der Waals surface area (Å²) < 4.78 is 0. The van der Waals surface area contributed by atoms with Gasteiger partial charge in [-0.3, -0.25) is 0 Å². The molecule has 0 N–H and O–H groups in total. The Morgan fingerprint density at radius 1 is 1.43 bits per heavy atom. The summed E-state index contributed by atoms with van der Waals surface area (Å²) in [6.07, 6.45) is 16.2. The molecule has 0 aromatic rings. The Bertz CT molecular complexity index is 341. The van der Waals surface area contributed by atoms with E-state index < -0.39 is 0 Å². The molecule has 0 fully saturated rings. The molecule has 0 amide bonds. The second-order valence-electron chi connectivity index (χ2n) is 4.10. The van der Waals surface area contributed by atoms with Crippen molar-refractivity contribution in [3.05, 3.63) is 36.0 Å². The van der Waals surface area contributed by atoms with Crippen LogP contribution in [0.5, 0.6) is 0 Å². The van der Waals surface area contributed by atoms with Gasteiger partial charge in [-0.25, -0.2) is 0 Å². The van der Waals surface area contributed by atoms with Crippen molar-refractivity contribution in [2.45, 2.75) is 32.1 Å². The summed E-state index contributed by atoms with van der Waals surface area (Å²) in [7, 11) is 0. The molecule has 0 spiro atoms. The van der Waals surface area contributed by atoms with Crippen LogP contribution in [0.3, 0.4) is 0 Å². The predicted molar refractivity (Wildman–Crippen MR) is 57.5 cm³/mol. The van der Waals surface area contributed by atoms with Crippen LogP contribution in [0.1, 0.15) is 32.1 Å². The van der Waals surface area contributed by atoms with Crippen LogP contribution in [0.4, 0.5) is 0 Å². The average molecular weight is 185 g/mol.